The molecule has 4 rings (SSSR count). The first-order valence-electron chi connectivity index (χ1n) is 8.48. The van der Waals surface area contributed by atoms with Crippen molar-refractivity contribution in [1.82, 2.24) is 15.0 Å². The molecular formula is C17H22N4O3. The Bertz CT molecular complexity index is 780. The zero-order chi connectivity index (χ0) is 16.8. The fourth-order valence-electron chi connectivity index (χ4n) is 3.68. The second-order valence-electron chi connectivity index (χ2n) is 6.76. The van der Waals surface area contributed by atoms with Crippen molar-refractivity contribution < 1.29 is 14.9 Å². The minimum atomic E-state index is -1.93. The van der Waals surface area contributed by atoms with E-state index in [9.17, 15) is 0 Å². The SMILES string of the molecule is Cc1ncc2c(N3CCCCC4CC43)nc(OC(O)O)nc2c1C. The van der Waals surface area contributed by atoms with Crippen LogP contribution in [0.15, 0.2) is 6.20 Å². The molecule has 1 aliphatic heterocycles. The fraction of sp³-hybridized carbons (Fsp3) is 0.588. The first-order valence-corrected chi connectivity index (χ1v) is 8.48. The van der Waals surface area contributed by atoms with Crippen LogP contribution < -0.4 is 9.64 Å². The van der Waals surface area contributed by atoms with E-state index in [1.54, 1.807) is 0 Å². The minimum Gasteiger partial charge on any atom is -0.408 e. The van der Waals surface area contributed by atoms with Gasteiger partial charge < -0.3 is 19.8 Å². The number of ether oxygens (including phenoxy) is 1. The van der Waals surface area contributed by atoms with Crippen LogP contribution in [0.1, 0.15) is 36.9 Å². The van der Waals surface area contributed by atoms with Crippen molar-refractivity contribution in [2.75, 3.05) is 11.4 Å². The van der Waals surface area contributed by atoms with E-state index in [1.807, 2.05) is 20.0 Å². The molecule has 2 aromatic heterocycles. The summed E-state index contributed by atoms with van der Waals surface area (Å²) in [5.74, 6) is 1.53. The van der Waals surface area contributed by atoms with Gasteiger partial charge in [-0.15, -0.1) is 0 Å². The number of rotatable bonds is 3. The summed E-state index contributed by atoms with van der Waals surface area (Å²) in [5.41, 5.74) is 2.60. The maximum Gasteiger partial charge on any atom is 0.323 e. The summed E-state index contributed by atoms with van der Waals surface area (Å²) in [5, 5.41) is 19.2. The van der Waals surface area contributed by atoms with Gasteiger partial charge >= 0.3 is 12.5 Å². The number of anilines is 1. The summed E-state index contributed by atoms with van der Waals surface area (Å²) in [6, 6.07) is 0.502. The average Bonchev–Trinajstić information content (AvgIpc) is 3.30. The van der Waals surface area contributed by atoms with Gasteiger partial charge in [0.1, 0.15) is 5.82 Å². The Balaban J connectivity index is 1.87. The van der Waals surface area contributed by atoms with E-state index >= 15 is 0 Å². The van der Waals surface area contributed by atoms with Crippen LogP contribution >= 0.6 is 0 Å². The number of hydrogen-bond donors (Lipinski definition) is 2. The molecule has 2 fully saturated rings. The molecule has 7 heteroatoms. The van der Waals surface area contributed by atoms with Crippen molar-refractivity contribution in [3.8, 4) is 6.01 Å². The maximum absolute atomic E-state index is 9.14. The molecular weight excluding hydrogens is 308 g/mol. The monoisotopic (exact) mass is 330 g/mol. The number of hydrogen-bond acceptors (Lipinski definition) is 7. The number of aromatic nitrogens is 3. The Labute approximate surface area is 140 Å². The molecule has 7 nitrogen and oxygen atoms in total. The molecule has 0 spiro atoms. The van der Waals surface area contributed by atoms with Gasteiger partial charge in [-0.3, -0.25) is 4.98 Å². The molecule has 2 aromatic rings. The van der Waals surface area contributed by atoms with Gasteiger partial charge in [0.15, 0.2) is 0 Å². The Morgan fingerprint density at radius 3 is 2.88 bits per heavy atom. The number of pyridine rings is 1. The zero-order valence-corrected chi connectivity index (χ0v) is 13.9. The van der Waals surface area contributed by atoms with Crippen LogP contribution in [-0.2, 0) is 0 Å². The van der Waals surface area contributed by atoms with E-state index in [1.165, 1.54) is 19.3 Å². The van der Waals surface area contributed by atoms with Crippen molar-refractivity contribution in [1.29, 1.82) is 0 Å². The average molecular weight is 330 g/mol. The van der Waals surface area contributed by atoms with Gasteiger partial charge in [0, 0.05) is 24.5 Å². The van der Waals surface area contributed by atoms with Gasteiger partial charge in [0.2, 0.25) is 0 Å². The molecule has 2 aliphatic rings. The fourth-order valence-corrected chi connectivity index (χ4v) is 3.68. The molecule has 24 heavy (non-hydrogen) atoms. The Kier molecular flexibility index (Phi) is 3.77. The van der Waals surface area contributed by atoms with Crippen LogP contribution in [0, 0.1) is 19.8 Å². The molecule has 2 unspecified atom stereocenters. The van der Waals surface area contributed by atoms with Gasteiger partial charge in [0.25, 0.3) is 0 Å². The Hall–Kier alpha value is -1.99. The maximum atomic E-state index is 9.14. The van der Waals surface area contributed by atoms with Gasteiger partial charge in [-0.1, -0.05) is 6.42 Å². The molecule has 2 N–H and O–H groups in total. The highest BCUT2D eigenvalue weighted by atomic mass is 16.7. The van der Waals surface area contributed by atoms with Gasteiger partial charge in [0.05, 0.1) is 10.9 Å². The number of aliphatic hydroxyl groups is 2. The van der Waals surface area contributed by atoms with Crippen LogP contribution in [0.5, 0.6) is 6.01 Å². The Morgan fingerprint density at radius 2 is 2.08 bits per heavy atom. The summed E-state index contributed by atoms with van der Waals surface area (Å²) in [6.07, 6.45) is 6.67. The van der Waals surface area contributed by atoms with Crippen LogP contribution in [0.25, 0.3) is 10.9 Å². The number of aliphatic hydroxyl groups excluding tert-OH is 1. The quantitative estimate of drug-likeness (QED) is 0.827. The lowest BCUT2D eigenvalue weighted by Crippen LogP contribution is -2.28. The second-order valence-corrected chi connectivity index (χ2v) is 6.76. The summed E-state index contributed by atoms with van der Waals surface area (Å²) in [6.45, 7) is 2.90. The van der Waals surface area contributed by atoms with Gasteiger partial charge in [-0.2, -0.15) is 9.97 Å². The van der Waals surface area contributed by atoms with E-state index < -0.39 is 6.48 Å². The van der Waals surface area contributed by atoms with Gasteiger partial charge in [-0.05, 0) is 44.6 Å². The largest absolute Gasteiger partial charge is 0.408 e. The predicted molar refractivity (Wildman–Crippen MR) is 88.8 cm³/mol. The van der Waals surface area contributed by atoms with Crippen molar-refractivity contribution in [2.24, 2.45) is 5.92 Å². The summed E-state index contributed by atoms with van der Waals surface area (Å²) >= 11 is 0. The first-order chi connectivity index (χ1) is 11.5. The topological polar surface area (TPSA) is 91.6 Å². The molecule has 2 atom stereocenters. The third kappa shape index (κ3) is 2.67. The highest BCUT2D eigenvalue weighted by molar-refractivity contribution is 5.91. The van der Waals surface area contributed by atoms with E-state index in [-0.39, 0.29) is 6.01 Å². The molecule has 1 saturated heterocycles. The van der Waals surface area contributed by atoms with Gasteiger partial charge in [-0.25, -0.2) is 0 Å². The van der Waals surface area contributed by atoms with Crippen LogP contribution in [0.2, 0.25) is 0 Å². The number of fused-ring (bicyclic) bond motifs is 2. The number of aryl methyl sites for hydroxylation is 2. The summed E-state index contributed by atoms with van der Waals surface area (Å²) in [7, 11) is 0. The van der Waals surface area contributed by atoms with Crippen molar-refractivity contribution in [3.05, 3.63) is 17.5 Å². The molecule has 0 amide bonds. The molecule has 128 valence electrons. The second kappa shape index (κ2) is 5.82. The Morgan fingerprint density at radius 1 is 1.25 bits per heavy atom. The van der Waals surface area contributed by atoms with E-state index in [0.29, 0.717) is 6.04 Å². The third-order valence-corrected chi connectivity index (χ3v) is 5.18. The van der Waals surface area contributed by atoms with E-state index in [4.69, 9.17) is 14.9 Å². The molecule has 1 saturated carbocycles. The number of nitrogens with zero attached hydrogens (tertiary/aromatic N) is 4. The highest BCUT2D eigenvalue weighted by Gasteiger charge is 2.43. The van der Waals surface area contributed by atoms with E-state index in [2.05, 4.69) is 19.9 Å². The van der Waals surface area contributed by atoms with Crippen LogP contribution in [0.3, 0.4) is 0 Å². The smallest absolute Gasteiger partial charge is 0.323 e. The predicted octanol–water partition coefficient (Wildman–Crippen LogP) is 1.67. The van der Waals surface area contributed by atoms with Crippen LogP contribution in [-0.4, -0.2) is 44.2 Å². The lowest BCUT2D eigenvalue weighted by Gasteiger charge is -2.25. The molecule has 1 aliphatic carbocycles. The first kappa shape index (κ1) is 15.5. The van der Waals surface area contributed by atoms with Crippen molar-refractivity contribution in [3.63, 3.8) is 0 Å². The zero-order valence-electron chi connectivity index (χ0n) is 13.9. The van der Waals surface area contributed by atoms with Crippen molar-refractivity contribution >= 4 is 16.7 Å². The molecule has 0 bridgehead atoms. The molecule has 3 heterocycles. The molecule has 0 aromatic carbocycles. The minimum absolute atomic E-state index is 0.0114. The third-order valence-electron chi connectivity index (χ3n) is 5.18. The lowest BCUT2D eigenvalue weighted by molar-refractivity contribution is -0.183. The summed E-state index contributed by atoms with van der Waals surface area (Å²) in [4.78, 5) is 15.7. The lowest BCUT2D eigenvalue weighted by atomic mass is 10.1. The summed E-state index contributed by atoms with van der Waals surface area (Å²) < 4.78 is 4.97. The standard InChI is InChI=1S/C17H22N4O3/c1-9-10(2)18-8-12-14(9)19-16(24-17(22)23)20-15(12)21-6-4-3-5-11-7-13(11)21/h8,11,13,17,22-23H,3-7H2,1-2H3. The normalized spacial score (nSPS) is 23.3. The van der Waals surface area contributed by atoms with E-state index in [0.717, 1.165) is 46.9 Å². The highest BCUT2D eigenvalue weighted by Crippen LogP contribution is 2.45. The van der Waals surface area contributed by atoms with Crippen LogP contribution in [0.4, 0.5) is 5.82 Å². The van der Waals surface area contributed by atoms with Crippen molar-refractivity contribution in [2.45, 2.75) is 52.0 Å². The molecule has 0 radical (unpaired) electrons.